The van der Waals surface area contributed by atoms with Gasteiger partial charge in [-0.3, -0.25) is 10.00 Å². The van der Waals surface area contributed by atoms with E-state index < -0.39 is 0 Å². The van der Waals surface area contributed by atoms with E-state index in [1.807, 2.05) is 11.9 Å². The summed E-state index contributed by atoms with van der Waals surface area (Å²) >= 11 is 0. The lowest BCUT2D eigenvalue weighted by atomic mass is 10.3. The first-order valence-electron chi connectivity index (χ1n) is 4.58. The van der Waals surface area contributed by atoms with E-state index in [9.17, 15) is 0 Å². The summed E-state index contributed by atoms with van der Waals surface area (Å²) in [5.74, 6) is 0. The number of aliphatic hydroxyl groups excluding tert-OH is 1. The quantitative estimate of drug-likeness (QED) is 0.694. The Morgan fingerprint density at radius 3 is 2.92 bits per heavy atom. The lowest BCUT2D eigenvalue weighted by Crippen LogP contribution is -2.21. The Bertz CT molecular complexity index is 247. The Morgan fingerprint density at radius 2 is 2.38 bits per heavy atom. The molecule has 0 amide bonds. The minimum absolute atomic E-state index is 0.200. The van der Waals surface area contributed by atoms with Crippen LogP contribution in [0.15, 0.2) is 6.07 Å². The van der Waals surface area contributed by atoms with Gasteiger partial charge in [-0.25, -0.2) is 0 Å². The maximum Gasteiger partial charge on any atom is 0.0622 e. The van der Waals surface area contributed by atoms with Gasteiger partial charge in [0.15, 0.2) is 0 Å². The molecular weight excluding hydrogens is 166 g/mol. The molecule has 0 radical (unpaired) electrons. The van der Waals surface area contributed by atoms with Crippen molar-refractivity contribution >= 4 is 0 Å². The summed E-state index contributed by atoms with van der Waals surface area (Å²) in [7, 11) is 1.97. The zero-order valence-corrected chi connectivity index (χ0v) is 8.25. The van der Waals surface area contributed by atoms with Crippen LogP contribution < -0.4 is 0 Å². The van der Waals surface area contributed by atoms with Gasteiger partial charge in [-0.2, -0.15) is 5.10 Å². The second-order valence-corrected chi connectivity index (χ2v) is 3.20. The highest BCUT2D eigenvalue weighted by atomic mass is 16.3. The summed E-state index contributed by atoms with van der Waals surface area (Å²) in [5, 5.41) is 15.8. The molecular formula is C9H17N3O. The number of nitrogens with zero attached hydrogens (tertiary/aromatic N) is 2. The van der Waals surface area contributed by atoms with Crippen LogP contribution in [0.4, 0.5) is 0 Å². The molecule has 0 fully saturated rings. The molecule has 74 valence electrons. The predicted molar refractivity (Wildman–Crippen MR) is 51.4 cm³/mol. The Kier molecular flexibility index (Phi) is 3.92. The van der Waals surface area contributed by atoms with Gasteiger partial charge in [0.05, 0.1) is 12.3 Å². The third kappa shape index (κ3) is 3.16. The second-order valence-electron chi connectivity index (χ2n) is 3.20. The van der Waals surface area contributed by atoms with Crippen LogP contribution in [0.25, 0.3) is 0 Å². The maximum absolute atomic E-state index is 8.70. The van der Waals surface area contributed by atoms with E-state index in [-0.39, 0.29) is 6.61 Å². The minimum Gasteiger partial charge on any atom is -0.395 e. The van der Waals surface area contributed by atoms with E-state index in [1.165, 1.54) is 0 Å². The molecule has 0 aliphatic carbocycles. The normalized spacial score (nSPS) is 11.1. The van der Waals surface area contributed by atoms with E-state index in [1.54, 1.807) is 0 Å². The molecule has 0 unspecified atom stereocenters. The number of aromatic nitrogens is 2. The lowest BCUT2D eigenvalue weighted by molar-refractivity contribution is 0.216. The van der Waals surface area contributed by atoms with Crippen molar-refractivity contribution in [1.29, 1.82) is 0 Å². The van der Waals surface area contributed by atoms with Crippen molar-refractivity contribution in [3.05, 3.63) is 17.5 Å². The average molecular weight is 183 g/mol. The average Bonchev–Trinajstić information content (AvgIpc) is 2.52. The van der Waals surface area contributed by atoms with E-state index in [0.29, 0.717) is 6.54 Å². The first kappa shape index (κ1) is 10.2. The molecule has 0 aliphatic rings. The molecule has 1 heterocycles. The first-order chi connectivity index (χ1) is 6.26. The monoisotopic (exact) mass is 183 g/mol. The molecule has 0 aromatic carbocycles. The first-order valence-corrected chi connectivity index (χ1v) is 4.58. The maximum atomic E-state index is 8.70. The topological polar surface area (TPSA) is 52.1 Å². The highest BCUT2D eigenvalue weighted by Crippen LogP contribution is 2.02. The summed E-state index contributed by atoms with van der Waals surface area (Å²) in [6, 6.07) is 2.06. The van der Waals surface area contributed by atoms with Gasteiger partial charge >= 0.3 is 0 Å². The van der Waals surface area contributed by atoms with Crippen molar-refractivity contribution < 1.29 is 5.11 Å². The minimum atomic E-state index is 0.200. The van der Waals surface area contributed by atoms with Gasteiger partial charge in [-0.05, 0) is 19.5 Å². The molecule has 4 nitrogen and oxygen atoms in total. The van der Waals surface area contributed by atoms with Gasteiger partial charge in [0.1, 0.15) is 0 Å². The number of rotatable bonds is 5. The number of nitrogens with one attached hydrogen (secondary N) is 1. The number of hydrogen-bond donors (Lipinski definition) is 2. The second kappa shape index (κ2) is 4.99. The van der Waals surface area contributed by atoms with Crippen LogP contribution in [-0.2, 0) is 13.0 Å². The van der Waals surface area contributed by atoms with Gasteiger partial charge in [-0.15, -0.1) is 0 Å². The van der Waals surface area contributed by atoms with Crippen LogP contribution in [-0.4, -0.2) is 40.4 Å². The number of aromatic amines is 1. The Balaban J connectivity index is 2.44. The zero-order chi connectivity index (χ0) is 9.68. The summed E-state index contributed by atoms with van der Waals surface area (Å²) in [6.45, 7) is 3.79. The van der Waals surface area contributed by atoms with E-state index >= 15 is 0 Å². The molecule has 0 aliphatic heterocycles. The van der Waals surface area contributed by atoms with E-state index in [4.69, 9.17) is 5.11 Å². The molecule has 1 rings (SSSR count). The number of aryl methyl sites for hydroxylation is 1. The molecule has 0 saturated heterocycles. The summed E-state index contributed by atoms with van der Waals surface area (Å²) in [6.07, 6.45) is 0.959. The van der Waals surface area contributed by atoms with Gasteiger partial charge in [0.25, 0.3) is 0 Å². The smallest absolute Gasteiger partial charge is 0.0622 e. The molecule has 4 heteroatoms. The molecule has 2 N–H and O–H groups in total. The zero-order valence-electron chi connectivity index (χ0n) is 8.25. The highest BCUT2D eigenvalue weighted by molar-refractivity contribution is 5.08. The third-order valence-electron chi connectivity index (χ3n) is 1.97. The number of aliphatic hydroxyl groups is 1. The van der Waals surface area contributed by atoms with Crippen molar-refractivity contribution in [1.82, 2.24) is 15.1 Å². The van der Waals surface area contributed by atoms with Crippen LogP contribution >= 0.6 is 0 Å². The SMILES string of the molecule is CCc1cc(CN(C)CCO)[nH]n1. The molecule has 1 aromatic heterocycles. The van der Waals surface area contributed by atoms with Gasteiger partial charge in [0.2, 0.25) is 0 Å². The fraction of sp³-hybridized carbons (Fsp3) is 0.667. The number of likely N-dealkylation sites (N-methyl/N-ethyl adjacent to an activating group) is 1. The van der Waals surface area contributed by atoms with Crippen LogP contribution in [0.2, 0.25) is 0 Å². The van der Waals surface area contributed by atoms with Crippen molar-refractivity contribution in [3.8, 4) is 0 Å². The van der Waals surface area contributed by atoms with Crippen LogP contribution in [0.3, 0.4) is 0 Å². The number of H-pyrrole nitrogens is 1. The van der Waals surface area contributed by atoms with Crippen LogP contribution in [0, 0.1) is 0 Å². The summed E-state index contributed by atoms with van der Waals surface area (Å²) < 4.78 is 0. The fourth-order valence-corrected chi connectivity index (χ4v) is 1.21. The van der Waals surface area contributed by atoms with Gasteiger partial charge in [-0.1, -0.05) is 6.92 Å². The summed E-state index contributed by atoms with van der Waals surface area (Å²) in [4.78, 5) is 2.05. The standard InChI is InChI=1S/C9H17N3O/c1-3-8-6-9(11-10-8)7-12(2)4-5-13/h6,13H,3-5,7H2,1-2H3,(H,10,11). The molecule has 0 bridgehead atoms. The Morgan fingerprint density at radius 1 is 1.62 bits per heavy atom. The van der Waals surface area contributed by atoms with Crippen molar-refractivity contribution in [2.45, 2.75) is 19.9 Å². The predicted octanol–water partition coefficient (Wildman–Crippen LogP) is 0.396. The highest BCUT2D eigenvalue weighted by Gasteiger charge is 2.02. The van der Waals surface area contributed by atoms with Crippen molar-refractivity contribution in [3.63, 3.8) is 0 Å². The molecule has 13 heavy (non-hydrogen) atoms. The molecule has 0 atom stereocenters. The van der Waals surface area contributed by atoms with Crippen molar-refractivity contribution in [2.75, 3.05) is 20.2 Å². The van der Waals surface area contributed by atoms with Crippen LogP contribution in [0.5, 0.6) is 0 Å². The Hall–Kier alpha value is -0.870. The summed E-state index contributed by atoms with van der Waals surface area (Å²) in [5.41, 5.74) is 2.19. The Labute approximate surface area is 78.6 Å². The van der Waals surface area contributed by atoms with Gasteiger partial charge < -0.3 is 5.11 Å². The molecule has 0 spiro atoms. The van der Waals surface area contributed by atoms with Gasteiger partial charge in [0, 0.05) is 18.8 Å². The van der Waals surface area contributed by atoms with Crippen LogP contribution in [0.1, 0.15) is 18.3 Å². The van der Waals surface area contributed by atoms with E-state index in [0.717, 1.165) is 24.4 Å². The van der Waals surface area contributed by atoms with Crippen molar-refractivity contribution in [2.24, 2.45) is 0 Å². The molecule has 0 saturated carbocycles. The van der Waals surface area contributed by atoms with E-state index in [2.05, 4.69) is 23.2 Å². The number of hydrogen-bond acceptors (Lipinski definition) is 3. The molecule has 1 aromatic rings. The fourth-order valence-electron chi connectivity index (χ4n) is 1.21. The lowest BCUT2D eigenvalue weighted by Gasteiger charge is -2.12. The third-order valence-corrected chi connectivity index (χ3v) is 1.97. The largest absolute Gasteiger partial charge is 0.395 e.